The molecular formula is C53H72N4O8Si. The molecule has 2 saturated heterocycles. The third kappa shape index (κ3) is 9.65. The van der Waals surface area contributed by atoms with E-state index in [4.69, 9.17) is 14.2 Å². The standard InChI is InChI=1S/C53H72N4O8Si/c1-9-64-42-20-24-46-38(30-42)31-45(54-26-10-11-29-58)51(61)57(46)39-17-23-47-44(32-39)53(52(62)56(47)28-25-36(4)15-12-14-35(2)3)37(5)50(66(7,8)43-21-18-41(63-6)19-22-43)48(65-53)33-49(60)55-27-13-16-40(55)34-59/h14,17-25,30,32,37,40,45,48,50,54,58-59H,9-13,15-16,26-29,31,33-34H2,1-8H3/b36-25+/t37-,40-,45?,48+,50-,53+/m0/s1. The number of fused-ring (bicyclic) bond motifs is 3. The number of nitrogens with zero attached hydrogens (tertiary/aromatic N) is 3. The molecular weight excluding hydrogens is 849 g/mol. The van der Waals surface area contributed by atoms with Crippen molar-refractivity contribution in [3.63, 3.8) is 0 Å². The summed E-state index contributed by atoms with van der Waals surface area (Å²) in [7, 11) is -0.947. The number of aliphatic hydroxyl groups excluding tert-OH is 2. The summed E-state index contributed by atoms with van der Waals surface area (Å²) in [5.41, 5.74) is 4.55. The smallest absolute Gasteiger partial charge is 0.264 e. The SMILES string of the molecule is CCOc1ccc2c(c1)CC(NCCCCO)C(=O)N2c1ccc2c(c1)[C@@]1(O[C@H](CC(=O)N3CCC[C@H]3CO)[C@@H]([Si](C)(C)c3ccc(OC)cc3)[C@@H]1C)C(=O)N2C/C=C(\C)CCC=C(C)C. The number of unbranched alkanes of at least 4 members (excludes halogenated alkanes) is 1. The van der Waals surface area contributed by atoms with Crippen LogP contribution in [0.4, 0.5) is 17.1 Å². The molecule has 3 aromatic carbocycles. The molecule has 0 radical (unpaired) electrons. The summed E-state index contributed by atoms with van der Waals surface area (Å²) in [4.78, 5) is 50.4. The summed E-state index contributed by atoms with van der Waals surface area (Å²) in [6.07, 6.45) is 9.02. The van der Waals surface area contributed by atoms with Gasteiger partial charge in [0, 0.05) is 36.9 Å². The van der Waals surface area contributed by atoms with E-state index >= 15 is 4.79 Å². The van der Waals surface area contributed by atoms with Crippen molar-refractivity contribution < 1.29 is 38.8 Å². The Morgan fingerprint density at radius 3 is 2.42 bits per heavy atom. The molecule has 6 atom stereocenters. The van der Waals surface area contributed by atoms with Gasteiger partial charge in [0.2, 0.25) is 11.8 Å². The first-order valence-corrected chi connectivity index (χ1v) is 27.2. The average molecular weight is 921 g/mol. The number of anilines is 3. The van der Waals surface area contributed by atoms with Gasteiger partial charge in [-0.3, -0.25) is 19.3 Å². The van der Waals surface area contributed by atoms with Crippen LogP contribution in [-0.2, 0) is 31.1 Å². The Kier molecular flexibility index (Phi) is 15.6. The number of hydrogen-bond acceptors (Lipinski definition) is 9. The molecule has 356 valence electrons. The summed E-state index contributed by atoms with van der Waals surface area (Å²) in [6, 6.07) is 19.2. The number of benzene rings is 3. The monoisotopic (exact) mass is 921 g/mol. The lowest BCUT2D eigenvalue weighted by molar-refractivity contribution is -0.149. The zero-order valence-electron chi connectivity index (χ0n) is 40.4. The molecule has 0 aliphatic carbocycles. The number of aliphatic hydroxyl groups is 2. The van der Waals surface area contributed by atoms with Crippen LogP contribution in [0.1, 0.15) is 90.7 Å². The lowest BCUT2D eigenvalue weighted by Crippen LogP contribution is -2.52. The summed E-state index contributed by atoms with van der Waals surface area (Å²) in [5, 5.41) is 24.4. The number of likely N-dealkylation sites (tertiary alicyclic amines) is 1. The van der Waals surface area contributed by atoms with Gasteiger partial charge in [-0.1, -0.05) is 60.6 Å². The van der Waals surface area contributed by atoms with Crippen LogP contribution in [0, 0.1) is 5.92 Å². The van der Waals surface area contributed by atoms with Crippen LogP contribution >= 0.6 is 0 Å². The van der Waals surface area contributed by atoms with Crippen LogP contribution < -0.4 is 29.8 Å². The second-order valence-electron chi connectivity index (χ2n) is 19.5. The molecule has 13 heteroatoms. The van der Waals surface area contributed by atoms with Crippen molar-refractivity contribution in [1.29, 1.82) is 0 Å². The van der Waals surface area contributed by atoms with E-state index in [1.807, 2.05) is 60.4 Å². The topological polar surface area (TPSA) is 141 Å². The molecule has 4 heterocycles. The molecule has 2 fully saturated rings. The van der Waals surface area contributed by atoms with Crippen LogP contribution in [0.2, 0.25) is 18.6 Å². The van der Waals surface area contributed by atoms with Crippen LogP contribution in [-0.4, -0.2) is 106 Å². The highest BCUT2D eigenvalue weighted by Crippen LogP contribution is 2.61. The Morgan fingerprint density at radius 1 is 0.985 bits per heavy atom. The Hall–Kier alpha value is -4.79. The maximum Gasteiger partial charge on any atom is 0.264 e. The highest BCUT2D eigenvalue weighted by atomic mass is 28.3. The van der Waals surface area contributed by atoms with Crippen LogP contribution in [0.15, 0.2) is 84.0 Å². The van der Waals surface area contributed by atoms with Gasteiger partial charge in [-0.25, -0.2) is 0 Å². The molecule has 1 spiro atoms. The zero-order chi connectivity index (χ0) is 47.3. The van der Waals surface area contributed by atoms with Crippen LogP contribution in [0.5, 0.6) is 11.5 Å². The number of amides is 3. The van der Waals surface area contributed by atoms with E-state index in [9.17, 15) is 19.8 Å². The Labute approximate surface area is 393 Å². The Balaban J connectivity index is 1.37. The van der Waals surface area contributed by atoms with Crippen LogP contribution in [0.3, 0.4) is 0 Å². The van der Waals surface area contributed by atoms with E-state index < -0.39 is 25.8 Å². The van der Waals surface area contributed by atoms with Gasteiger partial charge in [-0.05, 0) is 139 Å². The van der Waals surface area contributed by atoms with Crippen molar-refractivity contribution >= 4 is 48.0 Å². The maximum absolute atomic E-state index is 15.8. The average Bonchev–Trinajstić information content (AvgIpc) is 3.97. The minimum atomic E-state index is -2.60. The van der Waals surface area contributed by atoms with Gasteiger partial charge >= 0.3 is 0 Å². The van der Waals surface area contributed by atoms with Crippen molar-refractivity contribution in [1.82, 2.24) is 10.2 Å². The highest BCUT2D eigenvalue weighted by Gasteiger charge is 2.66. The number of allylic oxidation sites excluding steroid dienone is 3. The molecule has 66 heavy (non-hydrogen) atoms. The minimum Gasteiger partial charge on any atom is -0.497 e. The molecule has 0 bridgehead atoms. The van der Waals surface area contributed by atoms with E-state index in [1.54, 1.807) is 16.9 Å². The third-order valence-corrected chi connectivity index (χ3v) is 19.0. The van der Waals surface area contributed by atoms with Gasteiger partial charge in [0.1, 0.15) is 11.5 Å². The second-order valence-corrected chi connectivity index (χ2v) is 24.1. The lowest BCUT2D eigenvalue weighted by atomic mass is 9.82. The molecule has 0 saturated carbocycles. The normalized spacial score (nSPS) is 24.0. The van der Waals surface area contributed by atoms with Gasteiger partial charge < -0.3 is 39.5 Å². The molecule has 3 aromatic rings. The Bertz CT molecular complexity index is 2290. The minimum absolute atomic E-state index is 0.0731. The van der Waals surface area contributed by atoms with Crippen molar-refractivity contribution in [3.8, 4) is 11.5 Å². The number of carbonyl (C=O) groups is 3. The second kappa shape index (κ2) is 21.0. The van der Waals surface area contributed by atoms with E-state index in [2.05, 4.69) is 70.4 Å². The Morgan fingerprint density at radius 2 is 1.73 bits per heavy atom. The van der Waals surface area contributed by atoms with Crippen molar-refractivity contribution in [2.75, 3.05) is 56.4 Å². The number of hydrogen-bond donors (Lipinski definition) is 3. The van der Waals surface area contributed by atoms with Crippen molar-refractivity contribution in [2.24, 2.45) is 5.92 Å². The number of nitrogens with one attached hydrogen (secondary N) is 1. The fraction of sp³-hybridized carbons (Fsp3) is 0.528. The van der Waals surface area contributed by atoms with Gasteiger partial charge in [0.25, 0.3) is 5.91 Å². The molecule has 4 aliphatic rings. The fourth-order valence-corrected chi connectivity index (χ4v) is 15.1. The zero-order valence-corrected chi connectivity index (χ0v) is 41.4. The first-order valence-electron chi connectivity index (χ1n) is 24.1. The van der Waals surface area contributed by atoms with Crippen molar-refractivity contribution in [3.05, 3.63) is 95.1 Å². The quantitative estimate of drug-likeness (QED) is 0.0628. The number of ether oxygens (including phenoxy) is 3. The summed E-state index contributed by atoms with van der Waals surface area (Å²) in [5.74, 6) is 0.754. The molecule has 3 amide bonds. The van der Waals surface area contributed by atoms with E-state index in [-0.39, 0.29) is 54.9 Å². The molecule has 0 aromatic heterocycles. The first kappa shape index (κ1) is 49.1. The third-order valence-electron chi connectivity index (χ3n) is 14.6. The fourth-order valence-electron chi connectivity index (χ4n) is 11.1. The van der Waals surface area contributed by atoms with Gasteiger partial charge in [-0.15, -0.1) is 0 Å². The van der Waals surface area contributed by atoms with Crippen LogP contribution in [0.25, 0.3) is 0 Å². The summed E-state index contributed by atoms with van der Waals surface area (Å²) < 4.78 is 18.9. The van der Waals surface area contributed by atoms with Gasteiger partial charge in [-0.2, -0.15) is 0 Å². The van der Waals surface area contributed by atoms with E-state index in [1.165, 1.54) is 16.3 Å². The molecule has 12 nitrogen and oxygen atoms in total. The summed E-state index contributed by atoms with van der Waals surface area (Å²) >= 11 is 0. The number of methoxy groups -OCH3 is 1. The predicted octanol–water partition coefficient (Wildman–Crippen LogP) is 7.67. The number of carbonyl (C=O) groups excluding carboxylic acids is 3. The first-order chi connectivity index (χ1) is 31.7. The maximum atomic E-state index is 15.8. The molecule has 1 unspecified atom stereocenters. The highest BCUT2D eigenvalue weighted by molar-refractivity contribution is 6.91. The van der Waals surface area contributed by atoms with E-state index in [0.29, 0.717) is 50.3 Å². The van der Waals surface area contributed by atoms with Crippen molar-refractivity contribution in [2.45, 2.75) is 128 Å². The largest absolute Gasteiger partial charge is 0.497 e. The van der Waals surface area contributed by atoms with Gasteiger partial charge in [0.05, 0.1) is 64.4 Å². The summed E-state index contributed by atoms with van der Waals surface area (Å²) in [6.45, 7) is 17.0. The lowest BCUT2D eigenvalue weighted by Gasteiger charge is -2.37. The molecule has 7 rings (SSSR count). The predicted molar refractivity (Wildman–Crippen MR) is 264 cm³/mol. The van der Waals surface area contributed by atoms with Gasteiger partial charge in [0.15, 0.2) is 5.60 Å². The molecule has 3 N–H and O–H groups in total. The molecule has 4 aliphatic heterocycles. The van der Waals surface area contributed by atoms with E-state index in [0.717, 1.165) is 60.5 Å². The number of rotatable bonds is 19.